The fourth-order valence-corrected chi connectivity index (χ4v) is 5.89. The van der Waals surface area contributed by atoms with Crippen molar-refractivity contribution in [2.45, 2.75) is 33.6 Å². The van der Waals surface area contributed by atoms with E-state index in [2.05, 4.69) is 73.9 Å². The van der Waals surface area contributed by atoms with Crippen molar-refractivity contribution in [1.29, 1.82) is 0 Å². The molecule has 7 aromatic rings. The van der Waals surface area contributed by atoms with Gasteiger partial charge in [0.05, 0.1) is 12.8 Å². The van der Waals surface area contributed by atoms with Gasteiger partial charge in [-0.25, -0.2) is 4.98 Å². The fraction of sp³-hybridized carbons (Fsp3) is 0.158. The zero-order chi connectivity index (χ0) is 30.4. The number of nitrogens with zero attached hydrogens (tertiary/aromatic N) is 4. The minimum Gasteiger partial charge on any atom is -0.509 e. The molecule has 0 amide bonds. The Morgan fingerprint density at radius 2 is 1.60 bits per heavy atom. The van der Waals surface area contributed by atoms with Crippen LogP contribution in [0.15, 0.2) is 97.2 Å². The van der Waals surface area contributed by atoms with Gasteiger partial charge in [0, 0.05) is 40.5 Å². The molecule has 0 unspecified atom stereocenters. The Morgan fingerprint density at radius 1 is 0.800 bits per heavy atom. The molecule has 0 N–H and O–H groups in total. The second-order valence-corrected chi connectivity index (χ2v) is 11.2. The van der Waals surface area contributed by atoms with Crippen molar-refractivity contribution in [3.05, 3.63) is 126 Å². The molecule has 0 aliphatic rings. The molecule has 7 rings (SSSR count). The van der Waals surface area contributed by atoms with E-state index in [1.54, 1.807) is 13.3 Å². The van der Waals surface area contributed by atoms with Gasteiger partial charge in [0.2, 0.25) is 0 Å². The number of aryl methyl sites for hydroxylation is 1. The van der Waals surface area contributed by atoms with Crippen LogP contribution in [-0.4, -0.2) is 26.4 Å². The molecule has 3 aromatic heterocycles. The summed E-state index contributed by atoms with van der Waals surface area (Å²) in [7, 11) is 1.66. The van der Waals surface area contributed by atoms with Gasteiger partial charge in [-0.05, 0) is 54.1 Å². The van der Waals surface area contributed by atoms with Crippen LogP contribution in [0.25, 0.3) is 44.4 Å². The Morgan fingerprint density at radius 3 is 2.38 bits per heavy atom. The van der Waals surface area contributed by atoms with E-state index in [0.717, 1.165) is 61.6 Å². The van der Waals surface area contributed by atoms with Crippen LogP contribution in [0.4, 0.5) is 0 Å². The number of rotatable bonds is 7. The molecule has 3 heterocycles. The number of hydrogen-bond acceptors (Lipinski definition) is 4. The zero-order valence-corrected chi connectivity index (χ0v) is 28.0. The first-order valence-corrected chi connectivity index (χ1v) is 14.7. The van der Waals surface area contributed by atoms with Crippen LogP contribution in [0.3, 0.4) is 0 Å². The number of fused-ring (bicyclic) bond motifs is 3. The number of pyridine rings is 1. The number of ether oxygens (including phenoxy) is 2. The molecule has 226 valence electrons. The van der Waals surface area contributed by atoms with Gasteiger partial charge in [-0.1, -0.05) is 61.8 Å². The van der Waals surface area contributed by atoms with E-state index in [9.17, 15) is 0 Å². The monoisotopic (exact) mass is 771 g/mol. The van der Waals surface area contributed by atoms with E-state index in [-0.39, 0.29) is 21.1 Å². The van der Waals surface area contributed by atoms with Crippen LogP contribution in [0.5, 0.6) is 17.2 Å². The van der Waals surface area contributed by atoms with Crippen molar-refractivity contribution >= 4 is 21.8 Å². The third kappa shape index (κ3) is 5.55. The minimum absolute atomic E-state index is 0. The van der Waals surface area contributed by atoms with Crippen LogP contribution in [0.2, 0.25) is 0 Å². The maximum atomic E-state index is 6.39. The van der Waals surface area contributed by atoms with Crippen LogP contribution < -0.4 is 9.47 Å². The van der Waals surface area contributed by atoms with Gasteiger partial charge < -0.3 is 14.0 Å². The van der Waals surface area contributed by atoms with Crippen molar-refractivity contribution in [1.82, 2.24) is 19.3 Å². The summed E-state index contributed by atoms with van der Waals surface area (Å²) in [5, 5.41) is 7.07. The minimum atomic E-state index is 0. The van der Waals surface area contributed by atoms with Crippen molar-refractivity contribution in [2.75, 3.05) is 7.11 Å². The van der Waals surface area contributed by atoms with E-state index >= 15 is 0 Å². The Kier molecular flexibility index (Phi) is 8.35. The van der Waals surface area contributed by atoms with Crippen LogP contribution in [-0.2, 0) is 21.1 Å². The van der Waals surface area contributed by atoms with Gasteiger partial charge in [0.15, 0.2) is 0 Å². The van der Waals surface area contributed by atoms with Crippen molar-refractivity contribution in [3.63, 3.8) is 0 Å². The molecule has 7 heteroatoms. The number of methoxy groups -OCH3 is 1. The van der Waals surface area contributed by atoms with Crippen LogP contribution in [0, 0.1) is 26.0 Å². The Labute approximate surface area is 277 Å². The molecule has 45 heavy (non-hydrogen) atoms. The van der Waals surface area contributed by atoms with Crippen molar-refractivity contribution in [2.24, 2.45) is 0 Å². The molecule has 0 aliphatic heterocycles. The van der Waals surface area contributed by atoms with E-state index in [0.29, 0.717) is 17.4 Å². The maximum absolute atomic E-state index is 6.39. The van der Waals surface area contributed by atoms with Crippen molar-refractivity contribution < 1.29 is 30.5 Å². The first kappa shape index (κ1) is 30.4. The molecule has 0 fully saturated rings. The number of hydrogen-bond donors (Lipinski definition) is 0. The fourth-order valence-electron chi connectivity index (χ4n) is 5.89. The normalized spacial score (nSPS) is 11.2. The van der Waals surface area contributed by atoms with Gasteiger partial charge in [0.25, 0.3) is 0 Å². The molecule has 0 spiro atoms. The van der Waals surface area contributed by atoms with E-state index in [1.807, 2.05) is 66.2 Å². The third-order valence-electron chi connectivity index (χ3n) is 8.08. The van der Waals surface area contributed by atoms with Gasteiger partial charge in [-0.15, -0.1) is 35.7 Å². The predicted molar refractivity (Wildman–Crippen MR) is 175 cm³/mol. The summed E-state index contributed by atoms with van der Waals surface area (Å²) in [5.41, 5.74) is 8.29. The molecular formula is C38H32N4O2Pt. The summed E-state index contributed by atoms with van der Waals surface area (Å²) in [5.74, 6) is 3.06. The summed E-state index contributed by atoms with van der Waals surface area (Å²) in [6, 6.07) is 37.6. The summed E-state index contributed by atoms with van der Waals surface area (Å²) in [6.07, 6.45) is 1.76. The van der Waals surface area contributed by atoms with Crippen LogP contribution >= 0.6 is 0 Å². The average molecular weight is 772 g/mol. The molecular weight excluding hydrogens is 740 g/mol. The molecule has 0 atom stereocenters. The molecule has 0 saturated heterocycles. The second-order valence-electron chi connectivity index (χ2n) is 11.2. The predicted octanol–water partition coefficient (Wildman–Crippen LogP) is 9.17. The number of benzene rings is 4. The Balaban J connectivity index is 0.00000357. The average Bonchev–Trinajstić information content (AvgIpc) is 3.53. The maximum Gasteiger partial charge on any atom is 2.00 e. The summed E-state index contributed by atoms with van der Waals surface area (Å²) in [6.45, 7) is 8.54. The largest absolute Gasteiger partial charge is 2.00 e. The van der Waals surface area contributed by atoms with Crippen LogP contribution in [0.1, 0.15) is 36.7 Å². The topological polar surface area (TPSA) is 54.1 Å². The Bertz CT molecular complexity index is 2150. The molecule has 0 saturated carbocycles. The van der Waals surface area contributed by atoms with Crippen molar-refractivity contribution in [3.8, 4) is 39.9 Å². The number of aromatic nitrogens is 4. The summed E-state index contributed by atoms with van der Waals surface area (Å²) < 4.78 is 16.0. The molecule has 0 radical (unpaired) electrons. The summed E-state index contributed by atoms with van der Waals surface area (Å²) in [4.78, 5) is 4.69. The third-order valence-corrected chi connectivity index (χ3v) is 8.08. The first-order valence-electron chi connectivity index (χ1n) is 14.7. The summed E-state index contributed by atoms with van der Waals surface area (Å²) >= 11 is 0. The smallest absolute Gasteiger partial charge is 0.509 e. The van der Waals surface area contributed by atoms with Gasteiger partial charge >= 0.3 is 21.1 Å². The van der Waals surface area contributed by atoms with E-state index < -0.39 is 0 Å². The zero-order valence-electron chi connectivity index (χ0n) is 25.7. The molecule has 0 aliphatic carbocycles. The molecule has 0 bridgehead atoms. The Hall–Kier alpha value is -4.67. The molecule has 6 nitrogen and oxygen atoms in total. The standard InChI is InChI=1S/C38H32N4O2.Pt/c1-24(2)28-14-17-35-34(20-28)33-16-15-32(22-36(33)41(35)37-23-30(43-5)18-19-39-37)44-31-13-9-12-29(21-31)42-26(4)38(25(3)40-42)27-10-7-6-8-11-27;/h6-20,23-24H,1-5H3;/q-2;+2. The quantitative estimate of drug-likeness (QED) is 0.152. The van der Waals surface area contributed by atoms with Gasteiger partial charge in [-0.3, -0.25) is 4.68 Å². The van der Waals surface area contributed by atoms with E-state index in [4.69, 9.17) is 19.6 Å². The molecule has 4 aromatic carbocycles. The second kappa shape index (κ2) is 12.4. The van der Waals surface area contributed by atoms with Gasteiger partial charge in [-0.2, -0.15) is 17.2 Å². The van der Waals surface area contributed by atoms with E-state index in [1.165, 1.54) is 5.56 Å². The first-order chi connectivity index (χ1) is 21.4. The van der Waals surface area contributed by atoms with Gasteiger partial charge in [0.1, 0.15) is 11.6 Å². The SMILES string of the molecule is COc1ccnc(-n2c3[c-]c(Oc4[c-]c(-n5nc(C)c(-c6ccccc6)c5C)ccc4)ccc3c3cc(C(C)C)ccc32)c1.[Pt+2].